The van der Waals surface area contributed by atoms with E-state index in [4.69, 9.17) is 0 Å². The van der Waals surface area contributed by atoms with Gasteiger partial charge in [0.25, 0.3) is 0 Å². The van der Waals surface area contributed by atoms with Gasteiger partial charge in [0, 0.05) is 13.5 Å². The lowest BCUT2D eigenvalue weighted by Crippen LogP contribution is -2.31. The molecule has 1 unspecified atom stereocenters. The van der Waals surface area contributed by atoms with Gasteiger partial charge in [0.15, 0.2) is 0 Å². The van der Waals surface area contributed by atoms with Crippen LogP contribution in [0.25, 0.3) is 0 Å². The largest absolute Gasteiger partial charge is 0.321 e. The third-order valence-corrected chi connectivity index (χ3v) is 2.68. The molecule has 0 aromatic carbocycles. The number of hydrogen-bond acceptors (Lipinski definition) is 3. The molecule has 1 aromatic rings. The number of aryl methyl sites for hydroxylation is 1. The third-order valence-electron chi connectivity index (χ3n) is 2.68. The SMILES string of the molecule is Cl.Cl.Cn1cnnc1CC1CCCNC1. The molecule has 1 fully saturated rings. The molecular weight excluding hydrogens is 235 g/mol. The number of halogens is 2. The topological polar surface area (TPSA) is 42.7 Å². The molecule has 4 nitrogen and oxygen atoms in total. The minimum atomic E-state index is 0. The predicted molar refractivity (Wildman–Crippen MR) is 64.8 cm³/mol. The Bertz CT molecular complexity index is 271. The van der Waals surface area contributed by atoms with Crippen LogP contribution in [0.5, 0.6) is 0 Å². The first-order valence-electron chi connectivity index (χ1n) is 4.90. The van der Waals surface area contributed by atoms with Crippen molar-refractivity contribution in [2.75, 3.05) is 13.1 Å². The molecule has 0 bridgehead atoms. The van der Waals surface area contributed by atoms with E-state index in [-0.39, 0.29) is 24.8 Å². The monoisotopic (exact) mass is 252 g/mol. The summed E-state index contributed by atoms with van der Waals surface area (Å²) in [7, 11) is 2.01. The van der Waals surface area contributed by atoms with Crippen molar-refractivity contribution in [2.45, 2.75) is 19.3 Å². The molecule has 1 N–H and O–H groups in total. The van der Waals surface area contributed by atoms with Gasteiger partial charge in [-0.2, -0.15) is 0 Å². The lowest BCUT2D eigenvalue weighted by Gasteiger charge is -2.21. The fourth-order valence-corrected chi connectivity index (χ4v) is 1.85. The van der Waals surface area contributed by atoms with Gasteiger partial charge in [-0.25, -0.2) is 0 Å². The quantitative estimate of drug-likeness (QED) is 0.861. The molecule has 2 heterocycles. The average Bonchev–Trinajstić information content (AvgIpc) is 2.54. The van der Waals surface area contributed by atoms with Crippen LogP contribution in [0.3, 0.4) is 0 Å². The van der Waals surface area contributed by atoms with Gasteiger partial charge < -0.3 is 9.88 Å². The number of hydrogen-bond donors (Lipinski definition) is 1. The van der Waals surface area contributed by atoms with Crippen LogP contribution in [0.2, 0.25) is 0 Å². The van der Waals surface area contributed by atoms with E-state index in [9.17, 15) is 0 Å². The Morgan fingerprint density at radius 1 is 1.53 bits per heavy atom. The average molecular weight is 253 g/mol. The van der Waals surface area contributed by atoms with Gasteiger partial charge in [-0.15, -0.1) is 35.0 Å². The minimum absolute atomic E-state index is 0. The molecule has 0 amide bonds. The summed E-state index contributed by atoms with van der Waals surface area (Å²) in [6.07, 6.45) is 5.44. The molecule has 1 saturated heterocycles. The number of nitrogens with one attached hydrogen (secondary N) is 1. The molecule has 0 saturated carbocycles. The third kappa shape index (κ3) is 3.97. The molecular formula is C9H18Cl2N4. The van der Waals surface area contributed by atoms with Crippen LogP contribution in [-0.4, -0.2) is 27.9 Å². The second-order valence-corrected chi connectivity index (χ2v) is 3.77. The molecule has 1 aliphatic rings. The smallest absolute Gasteiger partial charge is 0.132 e. The number of nitrogens with zero attached hydrogens (tertiary/aromatic N) is 3. The Balaban J connectivity index is 0.000000980. The lowest BCUT2D eigenvalue weighted by atomic mass is 9.96. The van der Waals surface area contributed by atoms with E-state index in [1.807, 2.05) is 11.6 Å². The van der Waals surface area contributed by atoms with E-state index in [1.54, 1.807) is 6.33 Å². The molecule has 1 atom stereocenters. The number of piperidine rings is 1. The fraction of sp³-hybridized carbons (Fsp3) is 0.778. The molecule has 1 aromatic heterocycles. The first-order chi connectivity index (χ1) is 6.36. The highest BCUT2D eigenvalue weighted by Gasteiger charge is 2.15. The van der Waals surface area contributed by atoms with E-state index < -0.39 is 0 Å². The van der Waals surface area contributed by atoms with Gasteiger partial charge in [-0.3, -0.25) is 0 Å². The molecule has 0 radical (unpaired) electrons. The Kier molecular flexibility index (Phi) is 6.89. The standard InChI is InChI=1S/C9H16N4.2ClH/c1-13-7-11-12-9(13)5-8-3-2-4-10-6-8;;/h7-8,10H,2-6H2,1H3;2*1H. The Hall–Kier alpha value is -0.320. The zero-order valence-corrected chi connectivity index (χ0v) is 10.5. The van der Waals surface area contributed by atoms with Crippen LogP contribution in [0, 0.1) is 5.92 Å². The molecule has 1 aliphatic heterocycles. The summed E-state index contributed by atoms with van der Waals surface area (Å²) >= 11 is 0. The van der Waals surface area contributed by atoms with E-state index in [2.05, 4.69) is 15.5 Å². The van der Waals surface area contributed by atoms with E-state index in [0.29, 0.717) is 0 Å². The molecule has 88 valence electrons. The predicted octanol–water partition coefficient (Wildman–Crippen LogP) is 1.20. The van der Waals surface area contributed by atoms with Crippen molar-refractivity contribution in [2.24, 2.45) is 13.0 Å². The van der Waals surface area contributed by atoms with Gasteiger partial charge in [0.2, 0.25) is 0 Å². The van der Waals surface area contributed by atoms with Crippen LogP contribution in [0.4, 0.5) is 0 Å². The fourth-order valence-electron chi connectivity index (χ4n) is 1.85. The molecule has 0 aliphatic carbocycles. The van der Waals surface area contributed by atoms with Crippen molar-refractivity contribution in [1.82, 2.24) is 20.1 Å². The van der Waals surface area contributed by atoms with Crippen LogP contribution >= 0.6 is 24.8 Å². The van der Waals surface area contributed by atoms with Gasteiger partial charge in [0.1, 0.15) is 12.2 Å². The Morgan fingerprint density at radius 2 is 2.33 bits per heavy atom. The maximum absolute atomic E-state index is 4.10. The van der Waals surface area contributed by atoms with Crippen molar-refractivity contribution >= 4 is 24.8 Å². The van der Waals surface area contributed by atoms with E-state index >= 15 is 0 Å². The van der Waals surface area contributed by atoms with Crippen molar-refractivity contribution in [3.63, 3.8) is 0 Å². The van der Waals surface area contributed by atoms with Crippen molar-refractivity contribution < 1.29 is 0 Å². The first-order valence-corrected chi connectivity index (χ1v) is 4.90. The summed E-state index contributed by atoms with van der Waals surface area (Å²) in [4.78, 5) is 0. The van der Waals surface area contributed by atoms with Gasteiger partial charge in [0.05, 0.1) is 0 Å². The summed E-state index contributed by atoms with van der Waals surface area (Å²) in [5, 5.41) is 11.4. The Labute approximate surface area is 103 Å². The maximum Gasteiger partial charge on any atom is 0.132 e. The highest BCUT2D eigenvalue weighted by Crippen LogP contribution is 2.14. The molecule has 15 heavy (non-hydrogen) atoms. The summed E-state index contributed by atoms with van der Waals surface area (Å²) in [6.45, 7) is 2.31. The molecule has 2 rings (SSSR count). The van der Waals surface area contributed by atoms with E-state index in [0.717, 1.165) is 24.7 Å². The zero-order valence-electron chi connectivity index (χ0n) is 8.85. The lowest BCUT2D eigenvalue weighted by molar-refractivity contribution is 0.368. The molecule has 6 heteroatoms. The van der Waals surface area contributed by atoms with Crippen molar-refractivity contribution in [1.29, 1.82) is 0 Å². The van der Waals surface area contributed by atoms with Crippen LogP contribution in [0.1, 0.15) is 18.7 Å². The second-order valence-electron chi connectivity index (χ2n) is 3.77. The van der Waals surface area contributed by atoms with Gasteiger partial charge in [-0.1, -0.05) is 0 Å². The Morgan fingerprint density at radius 3 is 2.87 bits per heavy atom. The normalized spacial score (nSPS) is 20.2. The first kappa shape index (κ1) is 14.7. The van der Waals surface area contributed by atoms with Gasteiger partial charge >= 0.3 is 0 Å². The van der Waals surface area contributed by atoms with Gasteiger partial charge in [-0.05, 0) is 31.8 Å². The minimum Gasteiger partial charge on any atom is -0.321 e. The molecule has 0 spiro atoms. The van der Waals surface area contributed by atoms with E-state index in [1.165, 1.54) is 19.4 Å². The summed E-state index contributed by atoms with van der Waals surface area (Å²) < 4.78 is 2.01. The van der Waals surface area contributed by atoms with Crippen molar-refractivity contribution in [3.05, 3.63) is 12.2 Å². The summed E-state index contributed by atoms with van der Waals surface area (Å²) in [5.41, 5.74) is 0. The zero-order chi connectivity index (χ0) is 9.10. The maximum atomic E-state index is 4.10. The van der Waals surface area contributed by atoms with Crippen LogP contribution < -0.4 is 5.32 Å². The highest BCUT2D eigenvalue weighted by atomic mass is 35.5. The van der Waals surface area contributed by atoms with Crippen molar-refractivity contribution in [3.8, 4) is 0 Å². The van der Waals surface area contributed by atoms with Crippen LogP contribution in [0.15, 0.2) is 6.33 Å². The van der Waals surface area contributed by atoms with Crippen LogP contribution in [-0.2, 0) is 13.5 Å². The second kappa shape index (κ2) is 7.04. The number of aromatic nitrogens is 3. The highest BCUT2D eigenvalue weighted by molar-refractivity contribution is 5.85. The number of rotatable bonds is 2. The summed E-state index contributed by atoms with van der Waals surface area (Å²) in [6, 6.07) is 0. The summed E-state index contributed by atoms with van der Waals surface area (Å²) in [5.74, 6) is 1.85.